The lowest BCUT2D eigenvalue weighted by Gasteiger charge is -2.22. The Morgan fingerprint density at radius 3 is 2.56 bits per heavy atom. The van der Waals surface area contributed by atoms with Crippen LogP contribution < -0.4 is 5.32 Å². The second kappa shape index (κ2) is 5.51. The monoisotopic (exact) mass is 324 g/mol. The lowest BCUT2D eigenvalue weighted by molar-refractivity contribution is 0.421. The van der Waals surface area contributed by atoms with Crippen LogP contribution in [0.3, 0.4) is 0 Å². The van der Waals surface area contributed by atoms with Crippen LogP contribution in [0.25, 0.3) is 11.3 Å². The average molecular weight is 325 g/mol. The number of likely N-dealkylation sites (N-methyl/N-ethyl adjacent to an activating group) is 1. The number of rotatable bonds is 4. The van der Waals surface area contributed by atoms with Crippen molar-refractivity contribution in [3.8, 4) is 11.3 Å². The van der Waals surface area contributed by atoms with Crippen LogP contribution in [0.4, 0.5) is 0 Å². The SMILES string of the molecule is CNC(C)(C)Cc1nc(-c2ccc(Br)cc2)cs1. The van der Waals surface area contributed by atoms with Gasteiger partial charge in [-0.25, -0.2) is 4.98 Å². The summed E-state index contributed by atoms with van der Waals surface area (Å²) in [7, 11) is 1.99. The van der Waals surface area contributed by atoms with E-state index in [1.54, 1.807) is 11.3 Å². The van der Waals surface area contributed by atoms with Crippen molar-refractivity contribution in [2.75, 3.05) is 7.05 Å². The van der Waals surface area contributed by atoms with Crippen molar-refractivity contribution in [1.29, 1.82) is 0 Å². The minimum Gasteiger partial charge on any atom is -0.314 e. The summed E-state index contributed by atoms with van der Waals surface area (Å²) in [5.41, 5.74) is 2.33. The zero-order valence-electron chi connectivity index (χ0n) is 10.8. The Hall–Kier alpha value is -0.710. The molecule has 0 atom stereocenters. The van der Waals surface area contributed by atoms with Gasteiger partial charge >= 0.3 is 0 Å². The molecule has 0 spiro atoms. The third-order valence-corrected chi connectivity index (χ3v) is 4.34. The predicted molar refractivity (Wildman–Crippen MR) is 82.1 cm³/mol. The third kappa shape index (κ3) is 3.40. The zero-order chi connectivity index (χ0) is 13.2. The summed E-state index contributed by atoms with van der Waals surface area (Å²) in [4.78, 5) is 4.71. The molecule has 0 aliphatic carbocycles. The summed E-state index contributed by atoms with van der Waals surface area (Å²) in [6.45, 7) is 4.38. The van der Waals surface area contributed by atoms with Gasteiger partial charge in [-0.05, 0) is 33.0 Å². The fraction of sp³-hybridized carbons (Fsp3) is 0.357. The third-order valence-electron chi connectivity index (χ3n) is 2.96. The van der Waals surface area contributed by atoms with Crippen molar-refractivity contribution < 1.29 is 0 Å². The molecule has 96 valence electrons. The second-order valence-electron chi connectivity index (χ2n) is 4.94. The van der Waals surface area contributed by atoms with Crippen LogP contribution in [0.1, 0.15) is 18.9 Å². The van der Waals surface area contributed by atoms with E-state index in [2.05, 4.69) is 52.6 Å². The molecule has 2 rings (SSSR count). The van der Waals surface area contributed by atoms with Gasteiger partial charge in [0.05, 0.1) is 10.7 Å². The van der Waals surface area contributed by atoms with Crippen LogP contribution in [0.5, 0.6) is 0 Å². The van der Waals surface area contributed by atoms with E-state index < -0.39 is 0 Å². The van der Waals surface area contributed by atoms with Crippen molar-refractivity contribution in [3.05, 3.63) is 39.1 Å². The van der Waals surface area contributed by atoms with Crippen molar-refractivity contribution in [3.63, 3.8) is 0 Å². The summed E-state index contributed by atoms with van der Waals surface area (Å²) >= 11 is 5.17. The van der Waals surface area contributed by atoms with Gasteiger partial charge in [0.25, 0.3) is 0 Å². The highest BCUT2D eigenvalue weighted by molar-refractivity contribution is 9.10. The van der Waals surface area contributed by atoms with Gasteiger partial charge in [-0.3, -0.25) is 0 Å². The molecule has 0 saturated carbocycles. The molecular formula is C14H17BrN2S. The first-order valence-electron chi connectivity index (χ1n) is 5.89. The van der Waals surface area contributed by atoms with E-state index in [-0.39, 0.29) is 5.54 Å². The summed E-state index contributed by atoms with van der Waals surface area (Å²) in [6, 6.07) is 8.27. The van der Waals surface area contributed by atoms with Gasteiger partial charge in [0, 0.05) is 27.4 Å². The van der Waals surface area contributed by atoms with Gasteiger partial charge in [0.2, 0.25) is 0 Å². The molecule has 2 nitrogen and oxygen atoms in total. The number of aromatic nitrogens is 1. The van der Waals surface area contributed by atoms with E-state index in [0.29, 0.717) is 0 Å². The van der Waals surface area contributed by atoms with Crippen LogP contribution in [0.2, 0.25) is 0 Å². The molecule has 0 amide bonds. The molecule has 1 heterocycles. The van der Waals surface area contributed by atoms with Crippen LogP contribution in [0.15, 0.2) is 34.1 Å². The van der Waals surface area contributed by atoms with Crippen LogP contribution >= 0.6 is 27.3 Å². The fourth-order valence-electron chi connectivity index (χ4n) is 1.61. The summed E-state index contributed by atoms with van der Waals surface area (Å²) < 4.78 is 1.10. The highest BCUT2D eigenvalue weighted by atomic mass is 79.9. The summed E-state index contributed by atoms with van der Waals surface area (Å²) in [5, 5.41) is 6.61. The fourth-order valence-corrected chi connectivity index (χ4v) is 2.91. The molecule has 1 N–H and O–H groups in total. The van der Waals surface area contributed by atoms with Crippen LogP contribution in [0, 0.1) is 0 Å². The molecule has 0 fully saturated rings. The van der Waals surface area contributed by atoms with Gasteiger partial charge in [0.1, 0.15) is 0 Å². The summed E-state index contributed by atoms with van der Waals surface area (Å²) in [5.74, 6) is 0. The zero-order valence-corrected chi connectivity index (χ0v) is 13.2. The standard InChI is InChI=1S/C14H17BrN2S/c1-14(2,16-3)8-13-17-12(9-18-13)10-4-6-11(15)7-5-10/h4-7,9,16H,8H2,1-3H3. The van der Waals surface area contributed by atoms with Gasteiger partial charge in [-0.1, -0.05) is 28.1 Å². The van der Waals surface area contributed by atoms with E-state index >= 15 is 0 Å². The Balaban J connectivity index is 2.18. The molecular weight excluding hydrogens is 308 g/mol. The van der Waals surface area contributed by atoms with Crippen molar-refractivity contribution in [2.24, 2.45) is 0 Å². The number of halogens is 1. The topological polar surface area (TPSA) is 24.9 Å². The predicted octanol–water partition coefficient (Wildman–Crippen LogP) is 4.11. The number of benzene rings is 1. The lowest BCUT2D eigenvalue weighted by Crippen LogP contribution is -2.38. The highest BCUT2D eigenvalue weighted by Gasteiger charge is 2.17. The van der Waals surface area contributed by atoms with Crippen molar-refractivity contribution >= 4 is 27.3 Å². The number of nitrogens with zero attached hydrogens (tertiary/aromatic N) is 1. The number of hydrogen-bond donors (Lipinski definition) is 1. The first kappa shape index (κ1) is 13.7. The Kier molecular flexibility index (Phi) is 4.20. The molecule has 18 heavy (non-hydrogen) atoms. The molecule has 1 aromatic carbocycles. The quantitative estimate of drug-likeness (QED) is 0.915. The van der Waals surface area contributed by atoms with Gasteiger partial charge < -0.3 is 5.32 Å². The smallest absolute Gasteiger partial charge is 0.0950 e. The van der Waals surface area contributed by atoms with E-state index in [4.69, 9.17) is 4.98 Å². The van der Waals surface area contributed by atoms with E-state index in [1.807, 2.05) is 19.2 Å². The molecule has 0 saturated heterocycles. The highest BCUT2D eigenvalue weighted by Crippen LogP contribution is 2.25. The number of nitrogens with one attached hydrogen (secondary N) is 1. The molecule has 0 aliphatic rings. The lowest BCUT2D eigenvalue weighted by atomic mass is 10.0. The molecule has 0 aliphatic heterocycles. The molecule has 0 bridgehead atoms. The van der Waals surface area contributed by atoms with E-state index in [9.17, 15) is 0 Å². The molecule has 0 radical (unpaired) electrons. The Morgan fingerprint density at radius 2 is 1.94 bits per heavy atom. The van der Waals surface area contributed by atoms with Crippen LogP contribution in [-0.2, 0) is 6.42 Å². The van der Waals surface area contributed by atoms with Gasteiger partial charge in [-0.15, -0.1) is 11.3 Å². The summed E-state index contributed by atoms with van der Waals surface area (Å²) in [6.07, 6.45) is 0.949. The minimum atomic E-state index is 0.0921. The number of thiazole rings is 1. The minimum absolute atomic E-state index is 0.0921. The molecule has 0 unspecified atom stereocenters. The number of hydrogen-bond acceptors (Lipinski definition) is 3. The Morgan fingerprint density at radius 1 is 1.28 bits per heavy atom. The average Bonchev–Trinajstić information content (AvgIpc) is 2.78. The van der Waals surface area contributed by atoms with Crippen LogP contribution in [-0.4, -0.2) is 17.6 Å². The first-order chi connectivity index (χ1) is 8.50. The largest absolute Gasteiger partial charge is 0.314 e. The molecule has 1 aromatic heterocycles. The van der Waals surface area contributed by atoms with Gasteiger partial charge in [-0.2, -0.15) is 0 Å². The Bertz CT molecular complexity index is 517. The van der Waals surface area contributed by atoms with Crippen molar-refractivity contribution in [1.82, 2.24) is 10.3 Å². The van der Waals surface area contributed by atoms with Gasteiger partial charge in [0.15, 0.2) is 0 Å². The van der Waals surface area contributed by atoms with Crippen molar-refractivity contribution in [2.45, 2.75) is 25.8 Å². The second-order valence-corrected chi connectivity index (χ2v) is 6.80. The maximum absolute atomic E-state index is 4.71. The first-order valence-corrected chi connectivity index (χ1v) is 7.57. The maximum Gasteiger partial charge on any atom is 0.0950 e. The van der Waals surface area contributed by atoms with E-state index in [0.717, 1.165) is 16.6 Å². The van der Waals surface area contributed by atoms with E-state index in [1.165, 1.54) is 10.6 Å². The maximum atomic E-state index is 4.71. The Labute approximate surface area is 121 Å². The normalized spacial score (nSPS) is 11.8. The molecule has 2 aromatic rings. The molecule has 4 heteroatoms.